The summed E-state index contributed by atoms with van der Waals surface area (Å²) < 4.78 is 32.8. The summed E-state index contributed by atoms with van der Waals surface area (Å²) in [6, 6.07) is 10.6. The van der Waals surface area contributed by atoms with E-state index in [0.717, 1.165) is 28.0 Å². The lowest BCUT2D eigenvalue weighted by Gasteiger charge is -2.26. The van der Waals surface area contributed by atoms with Crippen LogP contribution in [0.3, 0.4) is 0 Å². The predicted octanol–water partition coefficient (Wildman–Crippen LogP) is 3.33. The summed E-state index contributed by atoms with van der Waals surface area (Å²) in [5.41, 5.74) is 6.81. The second-order valence-corrected chi connectivity index (χ2v) is 9.77. The molecule has 5 rings (SSSR count). The molecule has 0 atom stereocenters. The molecule has 3 heterocycles. The van der Waals surface area contributed by atoms with Gasteiger partial charge in [0.05, 0.1) is 35.3 Å². The minimum atomic E-state index is -3.61. The van der Waals surface area contributed by atoms with Gasteiger partial charge in [-0.1, -0.05) is 0 Å². The van der Waals surface area contributed by atoms with Crippen LogP contribution >= 0.6 is 0 Å². The molecule has 2 aromatic heterocycles. The Labute approximate surface area is 180 Å². The number of aromatic amines is 2. The van der Waals surface area contributed by atoms with Gasteiger partial charge < -0.3 is 9.72 Å². The van der Waals surface area contributed by atoms with Gasteiger partial charge in [-0.05, 0) is 67.8 Å². The van der Waals surface area contributed by atoms with Crippen molar-refractivity contribution < 1.29 is 13.2 Å². The number of hydrogen-bond acceptors (Lipinski definition) is 5. The van der Waals surface area contributed by atoms with Crippen molar-refractivity contribution in [1.82, 2.24) is 24.5 Å². The van der Waals surface area contributed by atoms with Gasteiger partial charge in [0.1, 0.15) is 11.4 Å². The summed E-state index contributed by atoms with van der Waals surface area (Å²) in [7, 11) is -2.06. The SMILES string of the molecule is COc1ccc(S(=O)(=O)N2CCc3c(-c4nc5cc(C)c(C)cc5[nH]4)n[nH]c3C2)cc1. The molecule has 0 amide bonds. The van der Waals surface area contributed by atoms with Gasteiger partial charge in [0, 0.05) is 12.1 Å². The molecule has 1 aliphatic rings. The van der Waals surface area contributed by atoms with Crippen molar-refractivity contribution in [2.24, 2.45) is 0 Å². The van der Waals surface area contributed by atoms with E-state index in [4.69, 9.17) is 9.72 Å². The Morgan fingerprint density at radius 3 is 2.58 bits per heavy atom. The van der Waals surface area contributed by atoms with Gasteiger partial charge >= 0.3 is 0 Å². The van der Waals surface area contributed by atoms with Crippen molar-refractivity contribution in [3.63, 3.8) is 0 Å². The van der Waals surface area contributed by atoms with Crippen molar-refractivity contribution in [3.05, 3.63) is 58.8 Å². The zero-order valence-electron chi connectivity index (χ0n) is 17.6. The third kappa shape index (κ3) is 3.30. The number of aromatic nitrogens is 4. The predicted molar refractivity (Wildman–Crippen MR) is 117 cm³/mol. The third-order valence-corrected chi connectivity index (χ3v) is 7.78. The highest BCUT2D eigenvalue weighted by atomic mass is 32.2. The monoisotopic (exact) mass is 437 g/mol. The third-order valence-electron chi connectivity index (χ3n) is 5.92. The average Bonchev–Trinajstić information content (AvgIpc) is 3.37. The van der Waals surface area contributed by atoms with Crippen molar-refractivity contribution in [2.45, 2.75) is 31.7 Å². The first-order chi connectivity index (χ1) is 14.9. The van der Waals surface area contributed by atoms with Gasteiger partial charge in [-0.25, -0.2) is 13.4 Å². The van der Waals surface area contributed by atoms with Gasteiger partial charge in [-0.3, -0.25) is 5.10 Å². The molecule has 0 spiro atoms. The number of benzene rings is 2. The maximum atomic E-state index is 13.1. The molecule has 2 aromatic carbocycles. The van der Waals surface area contributed by atoms with Gasteiger partial charge in [-0.15, -0.1) is 0 Å². The molecule has 1 aliphatic heterocycles. The Hall–Kier alpha value is -3.17. The maximum absolute atomic E-state index is 13.1. The number of nitrogens with one attached hydrogen (secondary N) is 2. The number of aryl methyl sites for hydroxylation is 2. The van der Waals surface area contributed by atoms with Crippen molar-refractivity contribution in [3.8, 4) is 17.3 Å². The quantitative estimate of drug-likeness (QED) is 0.510. The Balaban J connectivity index is 1.45. The van der Waals surface area contributed by atoms with E-state index in [1.807, 2.05) is 0 Å². The Morgan fingerprint density at radius 1 is 1.10 bits per heavy atom. The molecule has 0 radical (unpaired) electrons. The van der Waals surface area contributed by atoms with Crippen molar-refractivity contribution in [2.75, 3.05) is 13.7 Å². The zero-order chi connectivity index (χ0) is 21.8. The first-order valence-corrected chi connectivity index (χ1v) is 11.5. The Morgan fingerprint density at radius 2 is 1.84 bits per heavy atom. The second kappa shape index (κ2) is 7.21. The van der Waals surface area contributed by atoms with E-state index in [9.17, 15) is 8.42 Å². The van der Waals surface area contributed by atoms with E-state index in [2.05, 4.69) is 41.2 Å². The number of ether oxygens (including phenoxy) is 1. The normalized spacial score (nSPS) is 14.7. The zero-order valence-corrected chi connectivity index (χ0v) is 18.4. The van der Waals surface area contributed by atoms with E-state index in [0.29, 0.717) is 24.5 Å². The summed E-state index contributed by atoms with van der Waals surface area (Å²) in [5.74, 6) is 1.32. The van der Waals surface area contributed by atoms with Crippen molar-refractivity contribution >= 4 is 21.1 Å². The molecule has 160 valence electrons. The minimum Gasteiger partial charge on any atom is -0.497 e. The molecule has 0 bridgehead atoms. The molecular weight excluding hydrogens is 414 g/mol. The molecule has 4 aromatic rings. The van der Waals surface area contributed by atoms with E-state index < -0.39 is 10.0 Å². The standard InChI is InChI=1S/C22H23N5O3S/c1-13-10-18-19(11-14(13)2)24-22(23-18)21-17-8-9-27(12-20(17)25-26-21)31(28,29)16-6-4-15(30-3)5-7-16/h4-7,10-11H,8-9,12H2,1-3H3,(H,23,24)(H,25,26). The summed E-state index contributed by atoms with van der Waals surface area (Å²) in [6.07, 6.45) is 0.561. The summed E-state index contributed by atoms with van der Waals surface area (Å²) >= 11 is 0. The topological polar surface area (TPSA) is 104 Å². The van der Waals surface area contributed by atoms with Gasteiger partial charge in [0.15, 0.2) is 5.82 Å². The number of imidazole rings is 1. The second-order valence-electron chi connectivity index (χ2n) is 7.83. The number of methoxy groups -OCH3 is 1. The molecule has 0 saturated carbocycles. The number of sulfonamides is 1. The lowest BCUT2D eigenvalue weighted by Crippen LogP contribution is -2.36. The summed E-state index contributed by atoms with van der Waals surface area (Å²) in [5, 5.41) is 7.49. The van der Waals surface area contributed by atoms with Crippen LogP contribution in [0.1, 0.15) is 22.4 Å². The van der Waals surface area contributed by atoms with E-state index in [1.54, 1.807) is 31.4 Å². The fourth-order valence-electron chi connectivity index (χ4n) is 3.97. The molecule has 0 saturated heterocycles. The van der Waals surface area contributed by atoms with Gasteiger partial charge in [-0.2, -0.15) is 9.40 Å². The van der Waals surface area contributed by atoms with Gasteiger partial charge in [0.2, 0.25) is 10.0 Å². The van der Waals surface area contributed by atoms with Crippen LogP contribution in [0.25, 0.3) is 22.6 Å². The molecule has 0 aliphatic carbocycles. The minimum absolute atomic E-state index is 0.245. The van der Waals surface area contributed by atoms with Crippen LogP contribution < -0.4 is 4.74 Å². The molecule has 9 heteroatoms. The number of fused-ring (bicyclic) bond motifs is 2. The van der Waals surface area contributed by atoms with Crippen LogP contribution in [-0.2, 0) is 23.0 Å². The van der Waals surface area contributed by atoms with Crippen LogP contribution in [0, 0.1) is 13.8 Å². The fraction of sp³-hybridized carbons (Fsp3) is 0.273. The molecule has 2 N–H and O–H groups in total. The summed E-state index contributed by atoms with van der Waals surface area (Å²) in [4.78, 5) is 8.32. The number of hydrogen-bond donors (Lipinski definition) is 2. The van der Waals surface area contributed by atoms with E-state index in [-0.39, 0.29) is 11.4 Å². The van der Waals surface area contributed by atoms with Crippen molar-refractivity contribution in [1.29, 1.82) is 0 Å². The molecular formula is C22H23N5O3S. The largest absolute Gasteiger partial charge is 0.497 e. The smallest absolute Gasteiger partial charge is 0.243 e. The van der Waals surface area contributed by atoms with E-state index in [1.165, 1.54) is 15.4 Å². The average molecular weight is 438 g/mol. The maximum Gasteiger partial charge on any atom is 0.243 e. The van der Waals surface area contributed by atoms with Crippen LogP contribution in [0.2, 0.25) is 0 Å². The number of rotatable bonds is 4. The Kier molecular flexibility index (Phi) is 4.60. The number of nitrogens with zero attached hydrogens (tertiary/aromatic N) is 3. The molecule has 8 nitrogen and oxygen atoms in total. The van der Waals surface area contributed by atoms with Crippen LogP contribution in [-0.4, -0.2) is 46.5 Å². The van der Waals surface area contributed by atoms with E-state index >= 15 is 0 Å². The molecule has 0 unspecified atom stereocenters. The number of H-pyrrole nitrogens is 2. The van der Waals surface area contributed by atoms with Crippen LogP contribution in [0.15, 0.2) is 41.3 Å². The lowest BCUT2D eigenvalue weighted by molar-refractivity contribution is 0.387. The highest BCUT2D eigenvalue weighted by molar-refractivity contribution is 7.89. The van der Waals surface area contributed by atoms with Crippen LogP contribution in [0.5, 0.6) is 5.75 Å². The van der Waals surface area contributed by atoms with Gasteiger partial charge in [0.25, 0.3) is 0 Å². The first kappa shape index (κ1) is 19.8. The Bertz CT molecular complexity index is 1350. The highest BCUT2D eigenvalue weighted by Gasteiger charge is 2.31. The lowest BCUT2D eigenvalue weighted by atomic mass is 10.1. The van der Waals surface area contributed by atoms with Crippen LogP contribution in [0.4, 0.5) is 0 Å². The fourth-order valence-corrected chi connectivity index (χ4v) is 5.38. The summed E-state index contributed by atoms with van der Waals surface area (Å²) in [6.45, 7) is 4.77. The first-order valence-electron chi connectivity index (χ1n) is 10.0. The molecule has 0 fully saturated rings. The molecule has 31 heavy (non-hydrogen) atoms. The highest BCUT2D eigenvalue weighted by Crippen LogP contribution is 2.31.